The summed E-state index contributed by atoms with van der Waals surface area (Å²) >= 11 is 0. The second kappa shape index (κ2) is 4.76. The van der Waals surface area contributed by atoms with Gasteiger partial charge in [0, 0.05) is 24.9 Å². The Hall–Kier alpha value is -2.57. The van der Waals surface area contributed by atoms with E-state index in [4.69, 9.17) is 4.52 Å². The minimum Gasteiger partial charge on any atom is -0.356 e. The van der Waals surface area contributed by atoms with Crippen LogP contribution in [0.5, 0.6) is 0 Å². The molecule has 0 unspecified atom stereocenters. The zero-order valence-electron chi connectivity index (χ0n) is 10.9. The van der Waals surface area contributed by atoms with Gasteiger partial charge in [0.2, 0.25) is 0 Å². The van der Waals surface area contributed by atoms with Gasteiger partial charge in [-0.3, -0.25) is 4.68 Å². The molecule has 0 atom stereocenters. The Labute approximate surface area is 117 Å². The van der Waals surface area contributed by atoms with Crippen LogP contribution < -0.4 is 0 Å². The van der Waals surface area contributed by atoms with Crippen molar-refractivity contribution in [1.29, 1.82) is 0 Å². The summed E-state index contributed by atoms with van der Waals surface area (Å²) < 4.78 is 44.3. The van der Waals surface area contributed by atoms with E-state index in [1.807, 2.05) is 0 Å². The molecule has 0 radical (unpaired) electrons. The fourth-order valence-corrected chi connectivity index (χ4v) is 1.98. The van der Waals surface area contributed by atoms with Crippen molar-refractivity contribution in [3.05, 3.63) is 48.2 Å². The first kappa shape index (κ1) is 13.4. The van der Waals surface area contributed by atoms with Gasteiger partial charge in [0.15, 0.2) is 5.76 Å². The molecule has 0 saturated carbocycles. The number of nitrogens with zero attached hydrogens (tertiary/aromatic N) is 3. The molecule has 0 aliphatic carbocycles. The maximum Gasteiger partial charge on any atom is 0.416 e. The van der Waals surface area contributed by atoms with Crippen molar-refractivity contribution >= 4 is 0 Å². The van der Waals surface area contributed by atoms with Crippen LogP contribution in [0.4, 0.5) is 13.2 Å². The molecule has 2 aromatic heterocycles. The minimum absolute atomic E-state index is 0.403. The summed E-state index contributed by atoms with van der Waals surface area (Å²) in [5.41, 5.74) is 1.17. The van der Waals surface area contributed by atoms with Crippen molar-refractivity contribution in [2.24, 2.45) is 7.05 Å². The largest absolute Gasteiger partial charge is 0.416 e. The van der Waals surface area contributed by atoms with E-state index in [0.717, 1.165) is 17.8 Å². The second-order valence-corrected chi connectivity index (χ2v) is 4.49. The number of hydrogen-bond donors (Lipinski definition) is 0. The lowest BCUT2D eigenvalue weighted by molar-refractivity contribution is -0.137. The van der Waals surface area contributed by atoms with Crippen molar-refractivity contribution in [3.8, 4) is 22.7 Å². The van der Waals surface area contributed by atoms with E-state index in [-0.39, 0.29) is 0 Å². The van der Waals surface area contributed by atoms with Gasteiger partial charge in [0.25, 0.3) is 0 Å². The van der Waals surface area contributed by atoms with E-state index in [9.17, 15) is 13.2 Å². The van der Waals surface area contributed by atoms with Crippen molar-refractivity contribution in [2.75, 3.05) is 0 Å². The SMILES string of the molecule is Cn1nccc1-c1cc(-c2ccc(C(F)(F)F)cc2)on1. The maximum absolute atomic E-state index is 12.5. The Morgan fingerprint density at radius 3 is 2.38 bits per heavy atom. The summed E-state index contributed by atoms with van der Waals surface area (Å²) in [6.45, 7) is 0. The highest BCUT2D eigenvalue weighted by Crippen LogP contribution is 2.31. The summed E-state index contributed by atoms with van der Waals surface area (Å²) in [7, 11) is 1.77. The Morgan fingerprint density at radius 1 is 1.10 bits per heavy atom. The Morgan fingerprint density at radius 2 is 1.81 bits per heavy atom. The molecule has 3 aromatic rings. The topological polar surface area (TPSA) is 43.9 Å². The zero-order valence-corrected chi connectivity index (χ0v) is 10.9. The van der Waals surface area contributed by atoms with Crippen LogP contribution in [0.1, 0.15) is 5.56 Å². The van der Waals surface area contributed by atoms with Gasteiger partial charge in [-0.1, -0.05) is 17.3 Å². The number of halogens is 3. The average Bonchev–Trinajstić information content (AvgIpc) is 3.06. The first-order valence-corrected chi connectivity index (χ1v) is 6.08. The number of rotatable bonds is 2. The normalized spacial score (nSPS) is 11.8. The van der Waals surface area contributed by atoms with Crippen LogP contribution in [0.15, 0.2) is 47.1 Å². The average molecular weight is 293 g/mol. The van der Waals surface area contributed by atoms with Crippen LogP contribution in [-0.2, 0) is 13.2 Å². The monoisotopic (exact) mass is 293 g/mol. The van der Waals surface area contributed by atoms with E-state index in [0.29, 0.717) is 17.0 Å². The molecule has 0 amide bonds. The van der Waals surface area contributed by atoms with Crippen molar-refractivity contribution < 1.29 is 17.7 Å². The lowest BCUT2D eigenvalue weighted by Crippen LogP contribution is -2.03. The predicted molar refractivity (Wildman–Crippen MR) is 69.1 cm³/mol. The molecular formula is C14H10F3N3O. The van der Waals surface area contributed by atoms with Gasteiger partial charge in [-0.25, -0.2) is 0 Å². The van der Waals surface area contributed by atoms with Gasteiger partial charge in [-0.15, -0.1) is 0 Å². The van der Waals surface area contributed by atoms with E-state index >= 15 is 0 Å². The van der Waals surface area contributed by atoms with E-state index in [1.54, 1.807) is 30.1 Å². The van der Waals surface area contributed by atoms with Gasteiger partial charge in [-0.05, 0) is 18.2 Å². The first-order valence-electron chi connectivity index (χ1n) is 6.08. The molecule has 7 heteroatoms. The van der Waals surface area contributed by atoms with Crippen molar-refractivity contribution in [3.63, 3.8) is 0 Å². The number of aryl methyl sites for hydroxylation is 1. The van der Waals surface area contributed by atoms with Crippen molar-refractivity contribution in [2.45, 2.75) is 6.18 Å². The molecule has 0 bridgehead atoms. The van der Waals surface area contributed by atoms with Crippen molar-refractivity contribution in [1.82, 2.24) is 14.9 Å². The molecule has 4 nitrogen and oxygen atoms in total. The molecule has 0 spiro atoms. The molecule has 0 saturated heterocycles. The summed E-state index contributed by atoms with van der Waals surface area (Å²) in [6.07, 6.45) is -2.72. The number of alkyl halides is 3. The van der Waals surface area contributed by atoms with Crippen LogP contribution in [0, 0.1) is 0 Å². The molecule has 3 rings (SSSR count). The molecule has 0 fully saturated rings. The standard InChI is InChI=1S/C14H10F3N3O/c1-20-12(6-7-18-20)11-8-13(21-19-11)9-2-4-10(5-3-9)14(15,16)17/h2-8H,1H3. The molecule has 0 aliphatic heterocycles. The molecule has 1 aromatic carbocycles. The third kappa shape index (κ3) is 2.54. The number of hydrogen-bond acceptors (Lipinski definition) is 3. The Bertz CT molecular complexity index is 756. The van der Waals surface area contributed by atoms with Crippen LogP contribution in [-0.4, -0.2) is 14.9 Å². The van der Waals surface area contributed by atoms with Gasteiger partial charge in [0.1, 0.15) is 5.69 Å². The number of benzene rings is 1. The quantitative estimate of drug-likeness (QED) is 0.722. The highest BCUT2D eigenvalue weighted by atomic mass is 19.4. The highest BCUT2D eigenvalue weighted by molar-refractivity contribution is 5.64. The number of aromatic nitrogens is 3. The summed E-state index contributed by atoms with van der Waals surface area (Å²) in [5.74, 6) is 0.403. The minimum atomic E-state index is -4.35. The fourth-order valence-electron chi connectivity index (χ4n) is 1.98. The lowest BCUT2D eigenvalue weighted by atomic mass is 10.1. The smallest absolute Gasteiger partial charge is 0.356 e. The van der Waals surface area contributed by atoms with Gasteiger partial charge in [-0.2, -0.15) is 18.3 Å². The molecule has 0 aliphatic rings. The van der Waals surface area contributed by atoms with E-state index < -0.39 is 11.7 Å². The lowest BCUT2D eigenvalue weighted by Gasteiger charge is -2.06. The molecule has 0 N–H and O–H groups in total. The second-order valence-electron chi connectivity index (χ2n) is 4.49. The molecule has 2 heterocycles. The summed E-state index contributed by atoms with van der Waals surface area (Å²) in [4.78, 5) is 0. The fraction of sp³-hybridized carbons (Fsp3) is 0.143. The molecule has 108 valence electrons. The molecular weight excluding hydrogens is 283 g/mol. The predicted octanol–water partition coefficient (Wildman–Crippen LogP) is 3.76. The zero-order chi connectivity index (χ0) is 15.0. The van der Waals surface area contributed by atoms with Crippen LogP contribution >= 0.6 is 0 Å². The highest BCUT2D eigenvalue weighted by Gasteiger charge is 2.30. The van der Waals surface area contributed by atoms with Crippen LogP contribution in [0.25, 0.3) is 22.7 Å². The summed E-state index contributed by atoms with van der Waals surface area (Å²) in [6, 6.07) is 8.18. The first-order chi connectivity index (χ1) is 9.95. The maximum atomic E-state index is 12.5. The van der Waals surface area contributed by atoms with Gasteiger partial charge in [0.05, 0.1) is 11.3 Å². The van der Waals surface area contributed by atoms with Crippen LogP contribution in [0.2, 0.25) is 0 Å². The Kier molecular flexibility index (Phi) is 3.04. The third-order valence-corrected chi connectivity index (χ3v) is 3.09. The van der Waals surface area contributed by atoms with Gasteiger partial charge < -0.3 is 4.52 Å². The van der Waals surface area contributed by atoms with E-state index in [1.165, 1.54) is 12.1 Å². The molecule has 21 heavy (non-hydrogen) atoms. The van der Waals surface area contributed by atoms with Gasteiger partial charge >= 0.3 is 6.18 Å². The Balaban J connectivity index is 1.92. The summed E-state index contributed by atoms with van der Waals surface area (Å²) in [5, 5.41) is 7.93. The third-order valence-electron chi connectivity index (χ3n) is 3.09. The van der Waals surface area contributed by atoms with E-state index in [2.05, 4.69) is 10.3 Å². The van der Waals surface area contributed by atoms with Crippen LogP contribution in [0.3, 0.4) is 0 Å².